The van der Waals surface area contributed by atoms with Crippen molar-refractivity contribution in [3.8, 4) is 50.7 Å². The van der Waals surface area contributed by atoms with E-state index in [0.29, 0.717) is 5.89 Å². The molecule has 3 heteroatoms. The Hall–Kier alpha value is -6.71. The molecule has 50 heavy (non-hydrogen) atoms. The van der Waals surface area contributed by atoms with Gasteiger partial charge in [-0.3, -0.25) is 0 Å². The van der Waals surface area contributed by atoms with Gasteiger partial charge in [0.1, 0.15) is 5.52 Å². The minimum Gasteiger partial charge on any atom is -0.436 e. The second-order valence-electron chi connectivity index (χ2n) is 12.7. The van der Waals surface area contributed by atoms with Crippen LogP contribution in [0.25, 0.3) is 94.2 Å². The van der Waals surface area contributed by atoms with Crippen LogP contribution in [0.4, 0.5) is 0 Å². The molecule has 10 aromatic rings. The molecule has 2 aromatic heterocycles. The fourth-order valence-corrected chi connectivity index (χ4v) is 7.52. The molecule has 0 fully saturated rings. The van der Waals surface area contributed by atoms with Crippen LogP contribution in [0.2, 0.25) is 0 Å². The Balaban J connectivity index is 1.24. The zero-order valence-corrected chi connectivity index (χ0v) is 27.1. The Kier molecular flexibility index (Phi) is 6.49. The van der Waals surface area contributed by atoms with Gasteiger partial charge in [0.2, 0.25) is 5.89 Å². The Morgan fingerprint density at radius 1 is 0.440 bits per heavy atom. The van der Waals surface area contributed by atoms with Crippen LogP contribution in [0.3, 0.4) is 0 Å². The van der Waals surface area contributed by atoms with E-state index < -0.39 is 0 Å². The molecule has 0 aliphatic rings. The summed E-state index contributed by atoms with van der Waals surface area (Å²) >= 11 is 0. The largest absolute Gasteiger partial charge is 0.436 e. The van der Waals surface area contributed by atoms with Gasteiger partial charge in [-0.1, -0.05) is 146 Å². The van der Waals surface area contributed by atoms with E-state index in [-0.39, 0.29) is 0 Å². The van der Waals surface area contributed by atoms with E-state index in [2.05, 4.69) is 162 Å². The van der Waals surface area contributed by atoms with E-state index in [4.69, 9.17) is 9.40 Å². The third kappa shape index (κ3) is 4.56. The number of benzene rings is 8. The standard InChI is InChI=1S/C47H30N2O/c1-3-13-33(14-4-1)44-41-29-28-39-38(32-22-24-35(25-23-32)47-48-42-20-9-10-21-43(42)50-47)18-11-19-40(39)46(41)49(45(44)34-15-5-2-6-16-34)37-27-26-31-12-7-8-17-36(31)30-37/h1-30H. The third-order valence-electron chi connectivity index (χ3n) is 9.82. The zero-order chi connectivity index (χ0) is 33.0. The first-order valence-electron chi connectivity index (χ1n) is 17.0. The molecule has 0 aliphatic carbocycles. The van der Waals surface area contributed by atoms with Crippen molar-refractivity contribution in [2.45, 2.75) is 0 Å². The van der Waals surface area contributed by atoms with Gasteiger partial charge in [0.25, 0.3) is 0 Å². The number of aromatic nitrogens is 2. The van der Waals surface area contributed by atoms with E-state index in [1.165, 1.54) is 60.4 Å². The average molecular weight is 639 g/mol. The second-order valence-corrected chi connectivity index (χ2v) is 12.7. The first-order chi connectivity index (χ1) is 24.8. The van der Waals surface area contributed by atoms with Gasteiger partial charge in [-0.25, -0.2) is 4.98 Å². The molecular weight excluding hydrogens is 609 g/mol. The summed E-state index contributed by atoms with van der Waals surface area (Å²) in [4.78, 5) is 4.72. The molecule has 10 rings (SSSR count). The summed E-state index contributed by atoms with van der Waals surface area (Å²) in [5.74, 6) is 0.632. The smallest absolute Gasteiger partial charge is 0.227 e. The molecule has 0 atom stereocenters. The number of fused-ring (bicyclic) bond motifs is 5. The van der Waals surface area contributed by atoms with Crippen molar-refractivity contribution in [2.75, 3.05) is 0 Å². The lowest BCUT2D eigenvalue weighted by molar-refractivity contribution is 0.620. The Morgan fingerprint density at radius 3 is 1.92 bits per heavy atom. The van der Waals surface area contributed by atoms with Gasteiger partial charge in [-0.05, 0) is 74.8 Å². The van der Waals surface area contributed by atoms with Crippen LogP contribution in [0.5, 0.6) is 0 Å². The maximum Gasteiger partial charge on any atom is 0.227 e. The SMILES string of the molecule is c1ccc(-c2c(-c3ccccc3)n(-c3ccc4ccccc4c3)c3c2ccc2c(-c4ccc(-c5nc6ccccc6o5)cc4)cccc23)cc1. The summed E-state index contributed by atoms with van der Waals surface area (Å²) in [7, 11) is 0. The van der Waals surface area contributed by atoms with Crippen LogP contribution < -0.4 is 0 Å². The highest BCUT2D eigenvalue weighted by Crippen LogP contribution is 2.46. The van der Waals surface area contributed by atoms with Crippen molar-refractivity contribution >= 4 is 43.5 Å². The van der Waals surface area contributed by atoms with Gasteiger partial charge < -0.3 is 8.98 Å². The van der Waals surface area contributed by atoms with E-state index in [1.54, 1.807) is 0 Å². The minimum absolute atomic E-state index is 0.632. The van der Waals surface area contributed by atoms with Crippen LogP contribution in [0.1, 0.15) is 0 Å². The van der Waals surface area contributed by atoms with Gasteiger partial charge >= 0.3 is 0 Å². The molecule has 0 spiro atoms. The average Bonchev–Trinajstić information content (AvgIpc) is 3.79. The molecule has 0 saturated heterocycles. The van der Waals surface area contributed by atoms with E-state index in [9.17, 15) is 0 Å². The first-order valence-corrected chi connectivity index (χ1v) is 17.0. The maximum absolute atomic E-state index is 6.07. The van der Waals surface area contributed by atoms with Crippen LogP contribution >= 0.6 is 0 Å². The molecule has 0 aliphatic heterocycles. The van der Waals surface area contributed by atoms with Crippen molar-refractivity contribution in [1.29, 1.82) is 0 Å². The Labute approximate surface area is 289 Å². The predicted octanol–water partition coefficient (Wildman–Crippen LogP) is 12.7. The Bertz CT molecular complexity index is 2810. The Morgan fingerprint density at radius 2 is 1.12 bits per heavy atom. The number of nitrogens with zero attached hydrogens (tertiary/aromatic N) is 2. The summed E-state index contributed by atoms with van der Waals surface area (Å²) in [6.45, 7) is 0. The van der Waals surface area contributed by atoms with Gasteiger partial charge in [-0.2, -0.15) is 0 Å². The monoisotopic (exact) mass is 638 g/mol. The van der Waals surface area contributed by atoms with Crippen molar-refractivity contribution in [3.05, 3.63) is 182 Å². The molecule has 0 bridgehead atoms. The second kappa shape index (κ2) is 11.5. The highest BCUT2D eigenvalue weighted by atomic mass is 16.3. The molecule has 2 heterocycles. The quantitative estimate of drug-likeness (QED) is 0.188. The van der Waals surface area contributed by atoms with E-state index >= 15 is 0 Å². The number of oxazole rings is 1. The summed E-state index contributed by atoms with van der Waals surface area (Å²) in [5, 5.41) is 6.07. The number of hydrogen-bond donors (Lipinski definition) is 0. The van der Waals surface area contributed by atoms with E-state index in [0.717, 1.165) is 27.9 Å². The van der Waals surface area contributed by atoms with Gasteiger partial charge in [0.05, 0.1) is 11.2 Å². The van der Waals surface area contributed by atoms with Crippen molar-refractivity contribution < 1.29 is 4.42 Å². The molecule has 0 N–H and O–H groups in total. The molecule has 0 amide bonds. The molecule has 0 saturated carbocycles. The van der Waals surface area contributed by atoms with Gasteiger partial charge in [0.15, 0.2) is 5.58 Å². The topological polar surface area (TPSA) is 31.0 Å². The molecule has 234 valence electrons. The lowest BCUT2D eigenvalue weighted by atomic mass is 9.94. The molecule has 0 unspecified atom stereocenters. The molecule has 3 nitrogen and oxygen atoms in total. The number of rotatable bonds is 5. The molecular formula is C47H30N2O. The zero-order valence-electron chi connectivity index (χ0n) is 27.1. The van der Waals surface area contributed by atoms with Crippen LogP contribution in [-0.4, -0.2) is 9.55 Å². The normalized spacial score (nSPS) is 11.6. The van der Waals surface area contributed by atoms with E-state index in [1.807, 2.05) is 24.3 Å². The fourth-order valence-electron chi connectivity index (χ4n) is 7.52. The predicted molar refractivity (Wildman–Crippen MR) is 208 cm³/mol. The minimum atomic E-state index is 0.632. The van der Waals surface area contributed by atoms with Crippen LogP contribution in [0.15, 0.2) is 186 Å². The fraction of sp³-hybridized carbons (Fsp3) is 0. The highest BCUT2D eigenvalue weighted by molar-refractivity contribution is 6.18. The van der Waals surface area contributed by atoms with Crippen LogP contribution in [-0.2, 0) is 0 Å². The van der Waals surface area contributed by atoms with Gasteiger partial charge in [0, 0.05) is 27.6 Å². The summed E-state index contributed by atoms with van der Waals surface area (Å²) in [6.07, 6.45) is 0. The first kappa shape index (κ1) is 28.3. The summed E-state index contributed by atoms with van der Waals surface area (Å²) < 4.78 is 8.56. The van der Waals surface area contributed by atoms with Crippen molar-refractivity contribution in [2.24, 2.45) is 0 Å². The molecule has 8 aromatic carbocycles. The highest BCUT2D eigenvalue weighted by Gasteiger charge is 2.23. The van der Waals surface area contributed by atoms with Crippen molar-refractivity contribution in [1.82, 2.24) is 9.55 Å². The number of para-hydroxylation sites is 2. The maximum atomic E-state index is 6.07. The van der Waals surface area contributed by atoms with Crippen molar-refractivity contribution in [3.63, 3.8) is 0 Å². The summed E-state index contributed by atoms with van der Waals surface area (Å²) in [6, 6.07) is 64.8. The van der Waals surface area contributed by atoms with Crippen LogP contribution in [0, 0.1) is 0 Å². The number of hydrogen-bond acceptors (Lipinski definition) is 2. The van der Waals surface area contributed by atoms with Gasteiger partial charge in [-0.15, -0.1) is 0 Å². The third-order valence-corrected chi connectivity index (χ3v) is 9.82. The lowest BCUT2D eigenvalue weighted by Gasteiger charge is -2.15. The lowest BCUT2D eigenvalue weighted by Crippen LogP contribution is -1.98. The molecule has 0 radical (unpaired) electrons. The summed E-state index contributed by atoms with van der Waals surface area (Å²) in [5.41, 5.74) is 12.1.